The molecule has 1 aliphatic heterocycles. The molecule has 28 heavy (non-hydrogen) atoms. The highest BCUT2D eigenvalue weighted by Gasteiger charge is 2.29. The van der Waals surface area contributed by atoms with E-state index < -0.39 is 11.4 Å². The number of pyridine rings is 1. The first kappa shape index (κ1) is 20.6. The van der Waals surface area contributed by atoms with Crippen LogP contribution in [0.1, 0.15) is 26.3 Å². The SMILES string of the molecule is CC(C)(C)OC(=O)N1CCN(c2c(C#N)c(Cl)nc3c(F)c(Br)ccc23)CC1. The molecule has 0 N–H and O–H groups in total. The second-order valence-corrected chi connectivity index (χ2v) is 8.66. The first-order valence-electron chi connectivity index (χ1n) is 8.72. The van der Waals surface area contributed by atoms with Crippen molar-refractivity contribution in [1.29, 1.82) is 5.26 Å². The van der Waals surface area contributed by atoms with Crippen molar-refractivity contribution in [3.8, 4) is 6.07 Å². The number of rotatable bonds is 1. The summed E-state index contributed by atoms with van der Waals surface area (Å²) in [5.74, 6) is -0.530. The molecule has 0 aliphatic carbocycles. The van der Waals surface area contributed by atoms with E-state index in [4.69, 9.17) is 16.3 Å². The monoisotopic (exact) mass is 468 g/mol. The predicted octanol–water partition coefficient (Wildman–Crippen LogP) is 4.72. The minimum Gasteiger partial charge on any atom is -0.444 e. The second-order valence-electron chi connectivity index (χ2n) is 7.45. The Morgan fingerprint density at radius 2 is 1.96 bits per heavy atom. The van der Waals surface area contributed by atoms with Gasteiger partial charge in [-0.3, -0.25) is 0 Å². The number of aromatic nitrogens is 1. The van der Waals surface area contributed by atoms with Crippen LogP contribution in [-0.2, 0) is 4.74 Å². The quantitative estimate of drug-likeness (QED) is 0.565. The minimum absolute atomic E-state index is 0.0448. The first-order valence-corrected chi connectivity index (χ1v) is 9.89. The van der Waals surface area contributed by atoms with Crippen LogP contribution in [0.5, 0.6) is 0 Å². The zero-order chi connectivity index (χ0) is 20.6. The number of nitrogens with zero attached hydrogens (tertiary/aromatic N) is 4. The topological polar surface area (TPSA) is 69.5 Å². The van der Waals surface area contributed by atoms with Gasteiger partial charge in [-0.2, -0.15) is 5.26 Å². The van der Waals surface area contributed by atoms with Crippen LogP contribution in [-0.4, -0.2) is 47.8 Å². The highest BCUT2D eigenvalue weighted by atomic mass is 79.9. The van der Waals surface area contributed by atoms with E-state index in [1.807, 2.05) is 25.7 Å². The molecule has 1 amide bonds. The van der Waals surface area contributed by atoms with Gasteiger partial charge in [0.15, 0.2) is 5.82 Å². The smallest absolute Gasteiger partial charge is 0.410 e. The maximum atomic E-state index is 14.5. The summed E-state index contributed by atoms with van der Waals surface area (Å²) in [6.45, 7) is 7.21. The molecule has 2 aromatic rings. The van der Waals surface area contributed by atoms with E-state index in [0.29, 0.717) is 37.3 Å². The van der Waals surface area contributed by atoms with Crippen molar-refractivity contribution >= 4 is 50.2 Å². The van der Waals surface area contributed by atoms with E-state index in [-0.39, 0.29) is 26.8 Å². The van der Waals surface area contributed by atoms with Crippen LogP contribution >= 0.6 is 27.5 Å². The molecule has 0 saturated carbocycles. The second kappa shape index (κ2) is 7.72. The van der Waals surface area contributed by atoms with Crippen molar-refractivity contribution in [1.82, 2.24) is 9.88 Å². The maximum Gasteiger partial charge on any atom is 0.410 e. The molecule has 0 radical (unpaired) electrons. The number of halogens is 3. The Morgan fingerprint density at radius 3 is 2.54 bits per heavy atom. The van der Waals surface area contributed by atoms with E-state index in [2.05, 4.69) is 27.0 Å². The van der Waals surface area contributed by atoms with Crippen LogP contribution in [0.3, 0.4) is 0 Å². The average Bonchev–Trinajstić information content (AvgIpc) is 2.63. The molecule has 0 atom stereocenters. The maximum absolute atomic E-state index is 14.5. The molecule has 9 heteroatoms. The minimum atomic E-state index is -0.568. The highest BCUT2D eigenvalue weighted by Crippen LogP contribution is 2.37. The summed E-state index contributed by atoms with van der Waals surface area (Å²) >= 11 is 9.33. The Morgan fingerprint density at radius 1 is 1.32 bits per heavy atom. The van der Waals surface area contributed by atoms with Crippen LogP contribution in [0.2, 0.25) is 5.15 Å². The Labute approximate surface area is 175 Å². The van der Waals surface area contributed by atoms with Gasteiger partial charge in [-0.25, -0.2) is 14.2 Å². The molecule has 1 saturated heterocycles. The summed E-state index contributed by atoms with van der Waals surface area (Å²) in [6.07, 6.45) is -0.375. The van der Waals surface area contributed by atoms with E-state index >= 15 is 0 Å². The molecule has 2 heterocycles. The Kier molecular flexibility index (Phi) is 5.69. The summed E-state index contributed by atoms with van der Waals surface area (Å²) in [4.78, 5) is 19.9. The molecular weight excluding hydrogens is 451 g/mol. The molecule has 1 aromatic carbocycles. The zero-order valence-electron chi connectivity index (χ0n) is 15.7. The van der Waals surface area contributed by atoms with Gasteiger partial charge in [0.2, 0.25) is 0 Å². The number of hydrogen-bond acceptors (Lipinski definition) is 5. The van der Waals surface area contributed by atoms with Crippen molar-refractivity contribution in [2.24, 2.45) is 0 Å². The standard InChI is InChI=1S/C19H19BrClFN4O2/c1-19(2,3)28-18(27)26-8-6-25(7-9-26)16-11-4-5-13(20)14(22)15(11)24-17(21)12(16)10-23/h4-5H,6-9H2,1-3H3. The van der Waals surface area contributed by atoms with Gasteiger partial charge in [0.05, 0.1) is 10.2 Å². The molecule has 0 bridgehead atoms. The Balaban J connectivity index is 1.94. The Bertz CT molecular complexity index is 979. The third kappa shape index (κ3) is 4.01. The average molecular weight is 470 g/mol. The van der Waals surface area contributed by atoms with Gasteiger partial charge in [-0.15, -0.1) is 0 Å². The highest BCUT2D eigenvalue weighted by molar-refractivity contribution is 9.10. The van der Waals surface area contributed by atoms with Crippen LogP contribution in [0, 0.1) is 17.1 Å². The van der Waals surface area contributed by atoms with Crippen LogP contribution in [0.15, 0.2) is 16.6 Å². The number of fused-ring (bicyclic) bond motifs is 1. The van der Waals surface area contributed by atoms with E-state index in [9.17, 15) is 14.4 Å². The van der Waals surface area contributed by atoms with Crippen LogP contribution in [0.4, 0.5) is 14.9 Å². The third-order valence-corrected chi connectivity index (χ3v) is 5.22. The largest absolute Gasteiger partial charge is 0.444 e. The molecule has 1 aliphatic rings. The van der Waals surface area contributed by atoms with Crippen molar-refractivity contribution in [3.05, 3.63) is 33.1 Å². The predicted molar refractivity (Wildman–Crippen MR) is 109 cm³/mol. The molecule has 0 spiro atoms. The first-order chi connectivity index (χ1) is 13.1. The van der Waals surface area contributed by atoms with E-state index in [1.54, 1.807) is 17.0 Å². The lowest BCUT2D eigenvalue weighted by Gasteiger charge is -2.37. The molecule has 6 nitrogen and oxygen atoms in total. The number of ether oxygens (including phenoxy) is 1. The van der Waals surface area contributed by atoms with Gasteiger partial charge in [-0.05, 0) is 48.8 Å². The summed E-state index contributed by atoms with van der Waals surface area (Å²) in [5, 5.41) is 10.1. The molecule has 1 aromatic heterocycles. The van der Waals surface area contributed by atoms with Crippen molar-refractivity contribution in [2.45, 2.75) is 26.4 Å². The van der Waals surface area contributed by atoms with Gasteiger partial charge < -0.3 is 14.5 Å². The number of carbonyl (C=O) groups excluding carboxylic acids is 1. The van der Waals surface area contributed by atoms with Crippen LogP contribution < -0.4 is 4.90 Å². The molecule has 148 valence electrons. The number of anilines is 1. The fraction of sp³-hybridized carbons (Fsp3) is 0.421. The van der Waals surface area contributed by atoms with Gasteiger partial charge in [-0.1, -0.05) is 11.6 Å². The van der Waals surface area contributed by atoms with Gasteiger partial charge in [0, 0.05) is 31.6 Å². The number of nitriles is 1. The normalized spacial score (nSPS) is 14.9. The molecule has 3 rings (SSSR count). The van der Waals surface area contributed by atoms with E-state index in [0.717, 1.165) is 0 Å². The number of piperazine rings is 1. The van der Waals surface area contributed by atoms with Crippen LogP contribution in [0.25, 0.3) is 10.9 Å². The van der Waals surface area contributed by atoms with Gasteiger partial charge >= 0.3 is 6.09 Å². The molecule has 0 unspecified atom stereocenters. The fourth-order valence-electron chi connectivity index (χ4n) is 3.09. The van der Waals surface area contributed by atoms with Gasteiger partial charge in [0.25, 0.3) is 0 Å². The fourth-order valence-corrected chi connectivity index (χ4v) is 3.63. The van der Waals surface area contributed by atoms with E-state index in [1.165, 1.54) is 0 Å². The van der Waals surface area contributed by atoms with Gasteiger partial charge in [0.1, 0.15) is 27.9 Å². The zero-order valence-corrected chi connectivity index (χ0v) is 18.1. The lowest BCUT2D eigenvalue weighted by molar-refractivity contribution is 0.0240. The van der Waals surface area contributed by atoms with Crippen molar-refractivity contribution in [3.63, 3.8) is 0 Å². The number of benzene rings is 1. The molecular formula is C19H19BrClFN4O2. The summed E-state index contributed by atoms with van der Waals surface area (Å²) < 4.78 is 20.2. The Hall–Kier alpha value is -2.11. The third-order valence-electron chi connectivity index (χ3n) is 4.34. The lowest BCUT2D eigenvalue weighted by atomic mass is 10.1. The van der Waals surface area contributed by atoms with Crippen molar-refractivity contribution in [2.75, 3.05) is 31.1 Å². The summed E-state index contributed by atoms with van der Waals surface area (Å²) in [7, 11) is 0. The number of hydrogen-bond donors (Lipinski definition) is 0. The number of amides is 1. The summed E-state index contributed by atoms with van der Waals surface area (Å²) in [5.41, 5.74) is 0.263. The van der Waals surface area contributed by atoms with Crippen molar-refractivity contribution < 1.29 is 13.9 Å². The number of carbonyl (C=O) groups is 1. The lowest BCUT2D eigenvalue weighted by Crippen LogP contribution is -2.50. The molecule has 1 fully saturated rings. The summed E-state index contributed by atoms with van der Waals surface area (Å²) in [6, 6.07) is 5.37.